The highest BCUT2D eigenvalue weighted by Crippen LogP contribution is 2.34. The van der Waals surface area contributed by atoms with Crippen molar-refractivity contribution in [2.24, 2.45) is 0 Å². The van der Waals surface area contributed by atoms with E-state index in [2.05, 4.69) is 20.2 Å². The largest absolute Gasteiger partial charge is 0.492 e. The van der Waals surface area contributed by atoms with Crippen molar-refractivity contribution in [1.82, 2.24) is 15.5 Å². The van der Waals surface area contributed by atoms with Crippen molar-refractivity contribution in [1.29, 1.82) is 0 Å². The van der Waals surface area contributed by atoms with Crippen LogP contribution in [0.1, 0.15) is 17.4 Å². The van der Waals surface area contributed by atoms with Crippen LogP contribution in [0.2, 0.25) is 0 Å². The molecule has 0 radical (unpaired) electrons. The van der Waals surface area contributed by atoms with Crippen LogP contribution in [0.15, 0.2) is 65.6 Å². The average molecular weight is 554 g/mol. The van der Waals surface area contributed by atoms with Crippen molar-refractivity contribution in [2.75, 3.05) is 30.2 Å². The topological polar surface area (TPSA) is 142 Å². The SMILES string of the molecule is Nc1cccc(S(=O)(=O)Nc2cc([C@@H](O)CNCCOc3ccc4c(C(F)(F)F)n[nH]c4c3)ccc2F)c1. The Morgan fingerprint density at radius 3 is 2.63 bits per heavy atom. The summed E-state index contributed by atoms with van der Waals surface area (Å²) < 4.78 is 86.0. The molecule has 0 amide bonds. The van der Waals surface area contributed by atoms with Gasteiger partial charge in [0, 0.05) is 30.2 Å². The molecule has 0 aliphatic heterocycles. The van der Waals surface area contributed by atoms with Crippen molar-refractivity contribution in [3.05, 3.63) is 77.7 Å². The third kappa shape index (κ3) is 6.33. The quantitative estimate of drug-likeness (QED) is 0.114. The second kappa shape index (κ2) is 10.8. The maximum atomic E-state index is 14.3. The number of aromatic nitrogens is 2. The molecule has 0 saturated carbocycles. The van der Waals surface area contributed by atoms with Gasteiger partial charge in [0.05, 0.1) is 22.2 Å². The van der Waals surface area contributed by atoms with Crippen molar-refractivity contribution >= 4 is 32.3 Å². The van der Waals surface area contributed by atoms with E-state index in [-0.39, 0.29) is 52.4 Å². The Bertz CT molecular complexity index is 1540. The van der Waals surface area contributed by atoms with E-state index in [4.69, 9.17) is 10.5 Å². The Morgan fingerprint density at radius 1 is 1.11 bits per heavy atom. The first-order valence-corrected chi connectivity index (χ1v) is 12.7. The standard InChI is InChI=1S/C24H23F4N5O4S/c25-19-7-4-14(10-21(19)33-38(35,36)17-3-1-2-15(29)11-17)22(34)13-30-8-9-37-16-5-6-18-20(12-16)31-32-23(18)24(26,27)28/h1-7,10-12,22,30,33-34H,8-9,13,29H2,(H,31,32)/t22-/m0/s1. The minimum atomic E-state index is -4.57. The molecule has 0 unspecified atom stereocenters. The van der Waals surface area contributed by atoms with Gasteiger partial charge < -0.3 is 20.9 Å². The van der Waals surface area contributed by atoms with Gasteiger partial charge in [0.25, 0.3) is 10.0 Å². The van der Waals surface area contributed by atoms with E-state index < -0.39 is 33.8 Å². The number of anilines is 2. The number of nitrogens with zero attached hydrogens (tertiary/aromatic N) is 1. The summed E-state index contributed by atoms with van der Waals surface area (Å²) in [4.78, 5) is -0.142. The lowest BCUT2D eigenvalue weighted by Crippen LogP contribution is -2.26. The lowest BCUT2D eigenvalue weighted by atomic mass is 10.1. The zero-order valence-electron chi connectivity index (χ0n) is 19.6. The van der Waals surface area contributed by atoms with E-state index in [1.165, 1.54) is 54.6 Å². The van der Waals surface area contributed by atoms with E-state index in [1.54, 1.807) is 0 Å². The van der Waals surface area contributed by atoms with Crippen LogP contribution in [0.5, 0.6) is 5.75 Å². The fourth-order valence-corrected chi connectivity index (χ4v) is 4.73. The van der Waals surface area contributed by atoms with Crippen molar-refractivity contribution in [2.45, 2.75) is 17.2 Å². The lowest BCUT2D eigenvalue weighted by molar-refractivity contribution is -0.139. The Labute approximate surface area is 214 Å². The van der Waals surface area contributed by atoms with Crippen LogP contribution in [0.25, 0.3) is 10.9 Å². The Hall–Kier alpha value is -3.88. The number of benzene rings is 3. The second-order valence-corrected chi connectivity index (χ2v) is 9.95. The number of fused-ring (bicyclic) bond motifs is 1. The molecular formula is C24H23F4N5O4S. The van der Waals surface area contributed by atoms with Crippen LogP contribution >= 0.6 is 0 Å². The number of alkyl halides is 3. The smallest absolute Gasteiger partial charge is 0.435 e. The zero-order valence-corrected chi connectivity index (χ0v) is 20.4. The number of aromatic amines is 1. The molecule has 9 nitrogen and oxygen atoms in total. The highest BCUT2D eigenvalue weighted by molar-refractivity contribution is 7.92. The van der Waals surface area contributed by atoms with Crippen molar-refractivity contribution < 1.29 is 35.8 Å². The number of rotatable bonds is 10. The number of H-pyrrole nitrogens is 1. The lowest BCUT2D eigenvalue weighted by Gasteiger charge is -2.15. The maximum absolute atomic E-state index is 14.3. The predicted octanol–water partition coefficient (Wildman–Crippen LogP) is 3.81. The maximum Gasteiger partial charge on any atom is 0.435 e. The van der Waals surface area contributed by atoms with Crippen LogP contribution in [-0.2, 0) is 16.2 Å². The first-order valence-electron chi connectivity index (χ1n) is 11.2. The number of nitrogens with two attached hydrogens (primary N) is 1. The van der Waals surface area contributed by atoms with E-state index in [0.29, 0.717) is 5.75 Å². The highest BCUT2D eigenvalue weighted by atomic mass is 32.2. The molecular weight excluding hydrogens is 530 g/mol. The van der Waals surface area contributed by atoms with Crippen LogP contribution in [0.4, 0.5) is 28.9 Å². The molecule has 0 bridgehead atoms. The molecule has 4 aromatic rings. The van der Waals surface area contributed by atoms with Gasteiger partial charge in [0.2, 0.25) is 0 Å². The Morgan fingerprint density at radius 2 is 1.89 bits per heavy atom. The number of nitrogen functional groups attached to an aromatic ring is 1. The third-order valence-corrected chi connectivity index (χ3v) is 6.84. The average Bonchev–Trinajstić information content (AvgIpc) is 3.29. The molecule has 0 spiro atoms. The molecule has 0 aliphatic rings. The molecule has 6 N–H and O–H groups in total. The third-order valence-electron chi connectivity index (χ3n) is 5.48. The number of aliphatic hydroxyl groups is 1. The number of sulfonamides is 1. The van der Waals surface area contributed by atoms with Gasteiger partial charge in [-0.1, -0.05) is 12.1 Å². The fraction of sp³-hybridized carbons (Fsp3) is 0.208. The minimum Gasteiger partial charge on any atom is -0.492 e. The molecule has 38 heavy (non-hydrogen) atoms. The first-order chi connectivity index (χ1) is 17.9. The van der Waals surface area contributed by atoms with Crippen LogP contribution in [0.3, 0.4) is 0 Å². The monoisotopic (exact) mass is 553 g/mol. The zero-order chi connectivity index (χ0) is 27.5. The molecule has 1 heterocycles. The van der Waals surface area contributed by atoms with Crippen molar-refractivity contribution in [3.63, 3.8) is 0 Å². The summed E-state index contributed by atoms with van der Waals surface area (Å²) in [6, 6.07) is 13.1. The molecule has 14 heteroatoms. The fourth-order valence-electron chi connectivity index (χ4n) is 3.62. The predicted molar refractivity (Wildman–Crippen MR) is 132 cm³/mol. The number of hydrogen-bond donors (Lipinski definition) is 5. The van der Waals surface area contributed by atoms with Gasteiger partial charge >= 0.3 is 6.18 Å². The van der Waals surface area contributed by atoms with Crippen molar-refractivity contribution in [3.8, 4) is 5.75 Å². The first kappa shape index (κ1) is 27.2. The number of hydrogen-bond acceptors (Lipinski definition) is 7. The van der Waals surface area contributed by atoms with Crippen LogP contribution in [-0.4, -0.2) is 43.4 Å². The molecule has 0 fully saturated rings. The molecule has 3 aromatic carbocycles. The summed E-state index contributed by atoms with van der Waals surface area (Å²) in [7, 11) is -4.12. The number of aliphatic hydroxyl groups excluding tert-OH is 1. The van der Waals surface area contributed by atoms with E-state index in [9.17, 15) is 31.1 Å². The molecule has 202 valence electrons. The van der Waals surface area contributed by atoms with Crippen LogP contribution in [0, 0.1) is 5.82 Å². The normalized spacial score (nSPS) is 13.0. The van der Waals surface area contributed by atoms with Gasteiger partial charge in [-0.05, 0) is 48.0 Å². The molecule has 1 aromatic heterocycles. The van der Waals surface area contributed by atoms with E-state index in [0.717, 1.165) is 6.07 Å². The molecule has 4 rings (SSSR count). The Balaban J connectivity index is 1.30. The van der Waals surface area contributed by atoms with E-state index >= 15 is 0 Å². The molecule has 0 aliphatic carbocycles. The Kier molecular flexibility index (Phi) is 7.76. The highest BCUT2D eigenvalue weighted by Gasteiger charge is 2.35. The minimum absolute atomic E-state index is 0.0327. The molecule has 1 atom stereocenters. The summed E-state index contributed by atoms with van der Waals surface area (Å²) in [5, 5.41) is 19.0. The summed E-state index contributed by atoms with van der Waals surface area (Å²) >= 11 is 0. The second-order valence-electron chi connectivity index (χ2n) is 8.26. The van der Waals surface area contributed by atoms with Gasteiger partial charge in [-0.25, -0.2) is 12.8 Å². The number of ether oxygens (including phenoxy) is 1. The summed E-state index contributed by atoms with van der Waals surface area (Å²) in [6.45, 7) is 0.431. The number of nitrogens with one attached hydrogen (secondary N) is 3. The summed E-state index contributed by atoms with van der Waals surface area (Å²) in [5.74, 6) is -0.501. The van der Waals surface area contributed by atoms with Gasteiger partial charge in [0.15, 0.2) is 5.69 Å². The van der Waals surface area contributed by atoms with E-state index in [1.807, 2.05) is 0 Å². The van der Waals surface area contributed by atoms with Gasteiger partial charge in [-0.15, -0.1) is 0 Å². The van der Waals surface area contributed by atoms with Gasteiger partial charge in [-0.2, -0.15) is 18.3 Å². The summed E-state index contributed by atoms with van der Waals surface area (Å²) in [6.07, 6.45) is -5.68. The van der Waals surface area contributed by atoms with Gasteiger partial charge in [0.1, 0.15) is 18.2 Å². The summed E-state index contributed by atoms with van der Waals surface area (Å²) in [5.41, 5.74) is 4.95. The number of halogens is 4. The van der Waals surface area contributed by atoms with Gasteiger partial charge in [-0.3, -0.25) is 9.82 Å². The van der Waals surface area contributed by atoms with Crippen LogP contribution < -0.4 is 20.5 Å². The molecule has 0 saturated heterocycles.